The number of alkyl halides is 3. The van der Waals surface area contributed by atoms with E-state index >= 15 is 0 Å². The lowest BCUT2D eigenvalue weighted by Gasteiger charge is -2.22. The van der Waals surface area contributed by atoms with E-state index in [0.717, 1.165) is 16.7 Å². The van der Waals surface area contributed by atoms with Crippen LogP contribution in [-0.2, 0) is 11.8 Å². The van der Waals surface area contributed by atoms with Gasteiger partial charge >= 0.3 is 12.1 Å². The first kappa shape index (κ1) is 15.7. The van der Waals surface area contributed by atoms with Crippen molar-refractivity contribution in [1.82, 2.24) is 9.47 Å². The Balaban J connectivity index is 3.06. The third kappa shape index (κ3) is 4.41. The molecule has 0 aliphatic carbocycles. The third-order valence-electron chi connectivity index (χ3n) is 2.33. The average molecular weight is 292 g/mol. The fourth-order valence-electron chi connectivity index (χ4n) is 1.44. The number of nitrogens with zero attached hydrogens (tertiary/aromatic N) is 2. The van der Waals surface area contributed by atoms with Crippen molar-refractivity contribution >= 4 is 11.9 Å². The Kier molecular flexibility index (Phi) is 4.53. The molecule has 1 rings (SSSR count). The molecule has 0 fully saturated rings. The zero-order chi connectivity index (χ0) is 15.5. The maximum Gasteiger partial charge on any atom is 0.406 e. The minimum absolute atomic E-state index is 0.122. The van der Waals surface area contributed by atoms with E-state index < -0.39 is 36.7 Å². The minimum atomic E-state index is -4.73. The van der Waals surface area contributed by atoms with Crippen LogP contribution in [0.25, 0.3) is 0 Å². The summed E-state index contributed by atoms with van der Waals surface area (Å²) in [5, 5.41) is 8.55. The third-order valence-corrected chi connectivity index (χ3v) is 2.33. The van der Waals surface area contributed by atoms with Crippen LogP contribution in [0.5, 0.6) is 0 Å². The van der Waals surface area contributed by atoms with Crippen molar-refractivity contribution in [3.05, 3.63) is 34.2 Å². The molecule has 0 saturated heterocycles. The number of aliphatic carboxylic acids is 1. The van der Waals surface area contributed by atoms with E-state index in [9.17, 15) is 27.6 Å². The van der Waals surface area contributed by atoms with Crippen molar-refractivity contribution in [2.75, 3.05) is 13.1 Å². The van der Waals surface area contributed by atoms with E-state index in [-0.39, 0.29) is 10.5 Å². The molecule has 6 nitrogen and oxygen atoms in total. The fourth-order valence-corrected chi connectivity index (χ4v) is 1.44. The van der Waals surface area contributed by atoms with Crippen molar-refractivity contribution in [2.24, 2.45) is 7.05 Å². The molecule has 0 aliphatic rings. The van der Waals surface area contributed by atoms with Gasteiger partial charge in [0.05, 0.1) is 0 Å². The molecule has 0 aromatic carbocycles. The maximum absolute atomic E-state index is 12.3. The van der Waals surface area contributed by atoms with Crippen LogP contribution in [0.2, 0.25) is 0 Å². The number of carbonyl (C=O) groups is 2. The summed E-state index contributed by atoms with van der Waals surface area (Å²) in [5.74, 6) is -2.74. The highest BCUT2D eigenvalue weighted by Crippen LogP contribution is 2.17. The predicted molar refractivity (Wildman–Crippen MR) is 61.3 cm³/mol. The van der Waals surface area contributed by atoms with Gasteiger partial charge in [-0.15, -0.1) is 0 Å². The monoisotopic (exact) mass is 292 g/mol. The topological polar surface area (TPSA) is 79.6 Å². The Labute approximate surface area is 111 Å². The molecule has 1 amide bonds. The molecule has 0 spiro atoms. The Hall–Kier alpha value is -2.32. The van der Waals surface area contributed by atoms with Gasteiger partial charge < -0.3 is 14.6 Å². The van der Waals surface area contributed by atoms with E-state index in [1.807, 2.05) is 0 Å². The van der Waals surface area contributed by atoms with Crippen LogP contribution in [0.15, 0.2) is 23.1 Å². The highest BCUT2D eigenvalue weighted by Gasteiger charge is 2.34. The van der Waals surface area contributed by atoms with Crippen molar-refractivity contribution in [2.45, 2.75) is 6.18 Å². The number of carbonyl (C=O) groups excluding carboxylic acids is 1. The number of aryl methyl sites for hydroxylation is 1. The van der Waals surface area contributed by atoms with Crippen LogP contribution in [0.1, 0.15) is 10.4 Å². The number of carboxylic acid groups (broad SMARTS) is 1. The van der Waals surface area contributed by atoms with Gasteiger partial charge in [-0.05, 0) is 6.07 Å². The summed E-state index contributed by atoms with van der Waals surface area (Å²) in [4.78, 5) is 33.8. The van der Waals surface area contributed by atoms with Crippen LogP contribution in [-0.4, -0.2) is 45.7 Å². The quantitative estimate of drug-likeness (QED) is 0.875. The van der Waals surface area contributed by atoms with E-state index in [1.165, 1.54) is 13.2 Å². The second-order valence-electron chi connectivity index (χ2n) is 4.03. The van der Waals surface area contributed by atoms with Crippen LogP contribution in [0, 0.1) is 0 Å². The standard InChI is InChI=1S/C11H11F3N2O4/c1-15-3-2-7(4-8(15)17)10(20)16(5-9(18)19)6-11(12,13)14/h2-4H,5-6H2,1H3,(H,18,19). The summed E-state index contributed by atoms with van der Waals surface area (Å²) in [5.41, 5.74) is -0.878. The number of hydrogen-bond donors (Lipinski definition) is 1. The largest absolute Gasteiger partial charge is 0.480 e. The second kappa shape index (κ2) is 5.76. The van der Waals surface area contributed by atoms with E-state index in [4.69, 9.17) is 5.11 Å². The zero-order valence-corrected chi connectivity index (χ0v) is 10.3. The Morgan fingerprint density at radius 1 is 1.40 bits per heavy atom. The van der Waals surface area contributed by atoms with Gasteiger partial charge in [0.1, 0.15) is 13.1 Å². The highest BCUT2D eigenvalue weighted by atomic mass is 19.4. The van der Waals surface area contributed by atoms with Gasteiger partial charge in [-0.25, -0.2) is 0 Å². The van der Waals surface area contributed by atoms with Gasteiger partial charge in [-0.1, -0.05) is 0 Å². The van der Waals surface area contributed by atoms with Gasteiger partial charge in [0, 0.05) is 24.9 Å². The molecule has 110 valence electrons. The summed E-state index contributed by atoms with van der Waals surface area (Å²) in [7, 11) is 1.40. The molecule has 0 aliphatic heterocycles. The van der Waals surface area contributed by atoms with E-state index in [2.05, 4.69) is 0 Å². The molecule has 1 aromatic heterocycles. The Morgan fingerprint density at radius 2 is 2.00 bits per heavy atom. The first-order valence-corrected chi connectivity index (χ1v) is 5.34. The van der Waals surface area contributed by atoms with Gasteiger partial charge in [-0.3, -0.25) is 14.4 Å². The van der Waals surface area contributed by atoms with Crippen LogP contribution < -0.4 is 5.56 Å². The molecular formula is C11H11F3N2O4. The average Bonchev–Trinajstić information content (AvgIpc) is 2.28. The molecule has 0 bridgehead atoms. The van der Waals surface area contributed by atoms with E-state index in [0.29, 0.717) is 0 Å². The SMILES string of the molecule is Cn1ccc(C(=O)N(CC(=O)O)CC(F)(F)F)cc1=O. The minimum Gasteiger partial charge on any atom is -0.480 e. The number of halogens is 3. The number of amides is 1. The van der Waals surface area contributed by atoms with Crippen molar-refractivity contribution in [1.29, 1.82) is 0 Å². The summed E-state index contributed by atoms with van der Waals surface area (Å²) in [6, 6.07) is 2.00. The molecule has 20 heavy (non-hydrogen) atoms. The molecule has 0 radical (unpaired) electrons. The summed E-state index contributed by atoms with van der Waals surface area (Å²) in [6.07, 6.45) is -3.52. The Morgan fingerprint density at radius 3 is 2.45 bits per heavy atom. The van der Waals surface area contributed by atoms with Crippen LogP contribution >= 0.6 is 0 Å². The number of aromatic nitrogens is 1. The highest BCUT2D eigenvalue weighted by molar-refractivity contribution is 5.95. The number of carboxylic acids is 1. The summed E-state index contributed by atoms with van der Waals surface area (Å²) >= 11 is 0. The van der Waals surface area contributed by atoms with Crippen molar-refractivity contribution in [3.8, 4) is 0 Å². The van der Waals surface area contributed by atoms with Gasteiger partial charge in [0.2, 0.25) is 0 Å². The van der Waals surface area contributed by atoms with Crippen molar-refractivity contribution in [3.63, 3.8) is 0 Å². The molecule has 0 unspecified atom stereocenters. The zero-order valence-electron chi connectivity index (χ0n) is 10.3. The van der Waals surface area contributed by atoms with Gasteiger partial charge in [-0.2, -0.15) is 13.2 Å². The number of pyridine rings is 1. The van der Waals surface area contributed by atoms with Gasteiger partial charge in [0.25, 0.3) is 11.5 Å². The molecular weight excluding hydrogens is 281 g/mol. The van der Waals surface area contributed by atoms with Crippen LogP contribution in [0.3, 0.4) is 0 Å². The molecule has 0 atom stereocenters. The van der Waals surface area contributed by atoms with E-state index in [1.54, 1.807) is 0 Å². The first-order chi connectivity index (χ1) is 9.10. The molecule has 9 heteroatoms. The molecule has 1 N–H and O–H groups in total. The first-order valence-electron chi connectivity index (χ1n) is 5.34. The summed E-state index contributed by atoms with van der Waals surface area (Å²) < 4.78 is 38.1. The molecule has 1 aromatic rings. The predicted octanol–water partition coefficient (Wildman–Crippen LogP) is 0.474. The Bertz CT molecular complexity index is 580. The lowest BCUT2D eigenvalue weighted by atomic mass is 10.2. The second-order valence-corrected chi connectivity index (χ2v) is 4.03. The lowest BCUT2D eigenvalue weighted by Crippen LogP contribution is -2.42. The molecule has 1 heterocycles. The van der Waals surface area contributed by atoms with Crippen molar-refractivity contribution < 1.29 is 27.9 Å². The maximum atomic E-state index is 12.3. The number of rotatable bonds is 4. The molecule has 0 saturated carbocycles. The normalized spacial score (nSPS) is 11.2. The smallest absolute Gasteiger partial charge is 0.406 e. The number of hydrogen-bond acceptors (Lipinski definition) is 3. The fraction of sp³-hybridized carbons (Fsp3) is 0.364. The lowest BCUT2D eigenvalue weighted by molar-refractivity contribution is -0.149. The van der Waals surface area contributed by atoms with Gasteiger partial charge in [0.15, 0.2) is 0 Å². The summed E-state index contributed by atoms with van der Waals surface area (Å²) in [6.45, 7) is -2.80. The van der Waals surface area contributed by atoms with Crippen LogP contribution in [0.4, 0.5) is 13.2 Å².